The Kier molecular flexibility index (Phi) is 5.37. The normalized spacial score (nSPS) is 10.4. The van der Waals surface area contributed by atoms with E-state index >= 15 is 0 Å². The first-order valence-electron chi connectivity index (χ1n) is 6.02. The molecule has 20 heavy (non-hydrogen) atoms. The third kappa shape index (κ3) is 3.70. The summed E-state index contributed by atoms with van der Waals surface area (Å²) in [4.78, 5) is 0.954. The highest BCUT2D eigenvalue weighted by molar-refractivity contribution is 7.98. The van der Waals surface area contributed by atoms with E-state index in [9.17, 15) is 10.0 Å². The van der Waals surface area contributed by atoms with Gasteiger partial charge in [0.2, 0.25) is 0 Å². The van der Waals surface area contributed by atoms with Gasteiger partial charge in [0, 0.05) is 10.6 Å². The van der Waals surface area contributed by atoms with Gasteiger partial charge < -0.3 is 14.8 Å². The van der Waals surface area contributed by atoms with Crippen LogP contribution in [-0.4, -0.2) is 24.3 Å². The van der Waals surface area contributed by atoms with Crippen LogP contribution in [0.3, 0.4) is 0 Å². The van der Waals surface area contributed by atoms with Crippen LogP contribution >= 0.6 is 23.4 Å². The highest BCUT2D eigenvalue weighted by Crippen LogP contribution is 2.29. The number of methoxy groups -OCH3 is 1. The van der Waals surface area contributed by atoms with Gasteiger partial charge in [-0.3, -0.25) is 0 Å². The summed E-state index contributed by atoms with van der Waals surface area (Å²) >= 11 is 7.65. The molecule has 0 aliphatic rings. The van der Waals surface area contributed by atoms with E-state index in [1.807, 2.05) is 24.3 Å². The van der Waals surface area contributed by atoms with Crippen molar-refractivity contribution < 1.29 is 14.8 Å². The SMILES string of the molecule is COc1ccc(B(O)O)c(CSc2ccccc2Cl)c1. The monoisotopic (exact) mass is 308 g/mol. The van der Waals surface area contributed by atoms with E-state index < -0.39 is 7.12 Å². The van der Waals surface area contributed by atoms with E-state index in [4.69, 9.17) is 16.3 Å². The fourth-order valence-electron chi connectivity index (χ4n) is 1.80. The Morgan fingerprint density at radius 2 is 1.95 bits per heavy atom. The molecular formula is C14H14BClO3S. The molecule has 0 unspecified atom stereocenters. The minimum absolute atomic E-state index is 0.477. The molecule has 0 saturated carbocycles. The first-order chi connectivity index (χ1) is 9.61. The number of hydrogen-bond acceptors (Lipinski definition) is 4. The van der Waals surface area contributed by atoms with E-state index in [1.54, 1.807) is 37.1 Å². The summed E-state index contributed by atoms with van der Waals surface area (Å²) < 4.78 is 5.17. The molecule has 6 heteroatoms. The number of benzene rings is 2. The van der Waals surface area contributed by atoms with Crippen LogP contribution in [0.1, 0.15) is 5.56 Å². The number of halogens is 1. The highest BCUT2D eigenvalue weighted by Gasteiger charge is 2.17. The molecule has 0 aromatic heterocycles. The maximum atomic E-state index is 9.40. The van der Waals surface area contributed by atoms with Gasteiger partial charge in [0.1, 0.15) is 5.75 Å². The Hall–Kier alpha value is -1.14. The van der Waals surface area contributed by atoms with Crippen molar-refractivity contribution >= 4 is 35.9 Å². The number of ether oxygens (including phenoxy) is 1. The third-order valence-electron chi connectivity index (χ3n) is 2.85. The molecule has 0 saturated heterocycles. The van der Waals surface area contributed by atoms with Crippen LogP contribution in [0.2, 0.25) is 5.02 Å². The van der Waals surface area contributed by atoms with Gasteiger partial charge in [-0.1, -0.05) is 29.8 Å². The Bertz CT molecular complexity index is 592. The van der Waals surface area contributed by atoms with Crippen LogP contribution in [0.5, 0.6) is 5.75 Å². The lowest BCUT2D eigenvalue weighted by atomic mass is 9.77. The van der Waals surface area contributed by atoms with E-state index in [1.165, 1.54) is 0 Å². The van der Waals surface area contributed by atoms with E-state index in [0.717, 1.165) is 10.5 Å². The first-order valence-corrected chi connectivity index (χ1v) is 7.38. The summed E-state index contributed by atoms with van der Waals surface area (Å²) in [5.41, 5.74) is 1.29. The van der Waals surface area contributed by atoms with Crippen molar-refractivity contribution in [3.05, 3.63) is 53.1 Å². The van der Waals surface area contributed by atoms with Crippen LogP contribution < -0.4 is 10.2 Å². The quantitative estimate of drug-likeness (QED) is 0.657. The van der Waals surface area contributed by atoms with Crippen LogP contribution in [0, 0.1) is 0 Å². The summed E-state index contributed by atoms with van der Waals surface area (Å²) in [6.07, 6.45) is 0. The molecule has 0 heterocycles. The Morgan fingerprint density at radius 1 is 1.20 bits per heavy atom. The van der Waals surface area contributed by atoms with Gasteiger partial charge in [0.15, 0.2) is 0 Å². The summed E-state index contributed by atoms with van der Waals surface area (Å²) in [7, 11) is 0.0813. The van der Waals surface area contributed by atoms with E-state index in [2.05, 4.69) is 0 Å². The van der Waals surface area contributed by atoms with Crippen molar-refractivity contribution in [2.24, 2.45) is 0 Å². The molecule has 3 nitrogen and oxygen atoms in total. The standard InChI is InChI=1S/C14H14BClO3S/c1-19-11-6-7-12(15(17)18)10(8-11)9-20-14-5-3-2-4-13(14)16/h2-8,17-18H,9H2,1H3. The van der Waals surface area contributed by atoms with E-state index in [0.29, 0.717) is 22.0 Å². The van der Waals surface area contributed by atoms with Gasteiger partial charge in [-0.15, -0.1) is 11.8 Å². The molecule has 104 valence electrons. The second kappa shape index (κ2) is 7.04. The molecule has 2 aromatic rings. The zero-order chi connectivity index (χ0) is 14.5. The van der Waals surface area contributed by atoms with Gasteiger partial charge in [-0.25, -0.2) is 0 Å². The van der Waals surface area contributed by atoms with Gasteiger partial charge in [0.25, 0.3) is 0 Å². The predicted octanol–water partition coefficient (Wildman–Crippen LogP) is 2.32. The van der Waals surface area contributed by atoms with Crippen LogP contribution in [0.15, 0.2) is 47.4 Å². The van der Waals surface area contributed by atoms with E-state index in [-0.39, 0.29) is 0 Å². The third-order valence-corrected chi connectivity index (χ3v) is 4.41. The zero-order valence-corrected chi connectivity index (χ0v) is 12.5. The predicted molar refractivity (Wildman–Crippen MR) is 83.8 cm³/mol. The minimum atomic E-state index is -1.50. The van der Waals surface area contributed by atoms with Crippen molar-refractivity contribution in [1.82, 2.24) is 0 Å². The molecule has 0 aliphatic carbocycles. The van der Waals surface area contributed by atoms with Crippen LogP contribution in [-0.2, 0) is 5.75 Å². The van der Waals surface area contributed by atoms with Crippen molar-refractivity contribution in [3.8, 4) is 5.75 Å². The lowest BCUT2D eigenvalue weighted by Crippen LogP contribution is -2.32. The summed E-state index contributed by atoms with van der Waals surface area (Å²) in [6.45, 7) is 0. The lowest BCUT2D eigenvalue weighted by molar-refractivity contribution is 0.413. The molecular weight excluding hydrogens is 294 g/mol. The van der Waals surface area contributed by atoms with Gasteiger partial charge in [-0.2, -0.15) is 0 Å². The molecule has 0 fully saturated rings. The molecule has 0 atom stereocenters. The topological polar surface area (TPSA) is 49.7 Å². The second-order valence-electron chi connectivity index (χ2n) is 4.16. The molecule has 0 radical (unpaired) electrons. The number of hydrogen-bond donors (Lipinski definition) is 2. The van der Waals surface area contributed by atoms with Gasteiger partial charge in [0.05, 0.1) is 12.1 Å². The molecule has 0 amide bonds. The zero-order valence-electron chi connectivity index (χ0n) is 10.9. The maximum absolute atomic E-state index is 9.40. The molecule has 0 spiro atoms. The second-order valence-corrected chi connectivity index (χ2v) is 5.58. The summed E-state index contributed by atoms with van der Waals surface area (Å²) in [6, 6.07) is 12.7. The smallest absolute Gasteiger partial charge is 0.488 e. The number of thioether (sulfide) groups is 1. The highest BCUT2D eigenvalue weighted by atomic mass is 35.5. The lowest BCUT2D eigenvalue weighted by Gasteiger charge is -2.11. The molecule has 2 aromatic carbocycles. The van der Waals surface area contributed by atoms with Crippen LogP contribution in [0.4, 0.5) is 0 Å². The average Bonchev–Trinajstić information content (AvgIpc) is 2.46. The maximum Gasteiger partial charge on any atom is 0.488 e. The average molecular weight is 309 g/mol. The Morgan fingerprint density at radius 3 is 2.60 bits per heavy atom. The molecule has 2 N–H and O–H groups in total. The number of rotatable bonds is 5. The fraction of sp³-hybridized carbons (Fsp3) is 0.143. The molecule has 0 bridgehead atoms. The van der Waals surface area contributed by atoms with Crippen molar-refractivity contribution in [2.45, 2.75) is 10.6 Å². The Labute approximate surface area is 127 Å². The molecule has 2 rings (SSSR count). The van der Waals surface area contributed by atoms with Crippen molar-refractivity contribution in [3.63, 3.8) is 0 Å². The largest absolute Gasteiger partial charge is 0.497 e. The molecule has 0 aliphatic heterocycles. The fourth-order valence-corrected chi connectivity index (χ4v) is 3.04. The summed E-state index contributed by atoms with van der Waals surface area (Å²) in [5.74, 6) is 1.26. The van der Waals surface area contributed by atoms with Gasteiger partial charge >= 0.3 is 7.12 Å². The van der Waals surface area contributed by atoms with Crippen molar-refractivity contribution in [1.29, 1.82) is 0 Å². The summed E-state index contributed by atoms with van der Waals surface area (Å²) in [5, 5.41) is 19.5. The first kappa shape index (κ1) is 15.3. The van der Waals surface area contributed by atoms with Crippen molar-refractivity contribution in [2.75, 3.05) is 7.11 Å². The minimum Gasteiger partial charge on any atom is -0.497 e. The Balaban J connectivity index is 2.21. The van der Waals surface area contributed by atoms with Gasteiger partial charge in [-0.05, 0) is 35.3 Å². The van der Waals surface area contributed by atoms with Crippen LogP contribution in [0.25, 0.3) is 0 Å².